The van der Waals surface area contributed by atoms with E-state index in [1.807, 2.05) is 42.5 Å². The number of hydrogen-bond donors (Lipinski definition) is 1. The van der Waals surface area contributed by atoms with Gasteiger partial charge in [0.25, 0.3) is 0 Å². The van der Waals surface area contributed by atoms with Crippen LogP contribution in [0.15, 0.2) is 47.6 Å². The Kier molecular flexibility index (Phi) is 3.93. The highest BCUT2D eigenvalue weighted by atomic mass is 32.2. The van der Waals surface area contributed by atoms with E-state index in [-0.39, 0.29) is 18.0 Å². The molecular formula is C18H15N5O3S. The third kappa shape index (κ3) is 2.99. The minimum absolute atomic E-state index is 0.0369. The largest absolute Gasteiger partial charge is 0.454 e. The molecule has 1 N–H and O–H groups in total. The maximum Gasteiger partial charge on any atom is 0.237 e. The van der Waals surface area contributed by atoms with E-state index in [4.69, 9.17) is 9.47 Å². The Hall–Kier alpha value is -3.07. The average molecular weight is 381 g/mol. The number of hydrogen-bond acceptors (Lipinski definition) is 7. The van der Waals surface area contributed by atoms with Crippen molar-refractivity contribution in [3.05, 3.63) is 48.0 Å². The molecule has 2 aliphatic rings. The predicted octanol–water partition coefficient (Wildman–Crippen LogP) is 2.44. The Morgan fingerprint density at radius 2 is 2.04 bits per heavy atom. The van der Waals surface area contributed by atoms with Crippen molar-refractivity contribution in [3.63, 3.8) is 0 Å². The molecule has 136 valence electrons. The summed E-state index contributed by atoms with van der Waals surface area (Å²) >= 11 is 1.36. The first kappa shape index (κ1) is 16.1. The summed E-state index contributed by atoms with van der Waals surface area (Å²) in [6.07, 6.45) is 1.53. The summed E-state index contributed by atoms with van der Waals surface area (Å²) in [5.74, 6) is 1.31. The van der Waals surface area contributed by atoms with Gasteiger partial charge in [0.2, 0.25) is 17.9 Å². The van der Waals surface area contributed by atoms with Crippen LogP contribution in [0.1, 0.15) is 12.0 Å². The fraction of sp³-hybridized carbons (Fsp3) is 0.222. The predicted molar refractivity (Wildman–Crippen MR) is 98.3 cm³/mol. The van der Waals surface area contributed by atoms with E-state index in [1.54, 1.807) is 4.68 Å². The Morgan fingerprint density at radius 3 is 3.00 bits per heavy atom. The number of benzene rings is 2. The molecule has 3 heterocycles. The summed E-state index contributed by atoms with van der Waals surface area (Å²) < 4.78 is 12.4. The van der Waals surface area contributed by atoms with E-state index in [0.717, 1.165) is 23.4 Å². The molecule has 0 saturated heterocycles. The maximum absolute atomic E-state index is 12.7. The van der Waals surface area contributed by atoms with E-state index >= 15 is 0 Å². The zero-order valence-electron chi connectivity index (χ0n) is 14.2. The van der Waals surface area contributed by atoms with Crippen LogP contribution in [-0.4, -0.2) is 38.2 Å². The van der Waals surface area contributed by atoms with Crippen molar-refractivity contribution in [2.24, 2.45) is 0 Å². The lowest BCUT2D eigenvalue weighted by molar-refractivity contribution is -0.115. The molecule has 27 heavy (non-hydrogen) atoms. The number of nitrogens with one attached hydrogen (secondary N) is 1. The second-order valence-electron chi connectivity index (χ2n) is 6.20. The molecule has 2 aliphatic heterocycles. The molecule has 0 radical (unpaired) electrons. The fourth-order valence-corrected chi connectivity index (χ4v) is 4.14. The lowest BCUT2D eigenvalue weighted by Gasteiger charge is -2.12. The molecule has 0 saturated carbocycles. The molecule has 5 rings (SSSR count). The molecule has 1 atom stereocenters. The van der Waals surface area contributed by atoms with Crippen LogP contribution in [0.25, 0.3) is 5.69 Å². The molecule has 1 aromatic heterocycles. The van der Waals surface area contributed by atoms with E-state index in [2.05, 4.69) is 20.8 Å². The normalized spacial score (nSPS) is 17.9. The first-order chi connectivity index (χ1) is 13.3. The van der Waals surface area contributed by atoms with Gasteiger partial charge in [-0.1, -0.05) is 30.0 Å². The van der Waals surface area contributed by atoms with E-state index in [9.17, 15) is 4.79 Å². The second-order valence-corrected chi connectivity index (χ2v) is 7.37. The van der Waals surface area contributed by atoms with Crippen LogP contribution in [0.3, 0.4) is 0 Å². The van der Waals surface area contributed by atoms with Crippen molar-refractivity contribution in [1.29, 1.82) is 0 Å². The molecule has 0 bridgehead atoms. The average Bonchev–Trinajstić information content (AvgIpc) is 3.31. The minimum Gasteiger partial charge on any atom is -0.454 e. The number of nitrogens with zero attached hydrogens (tertiary/aromatic N) is 4. The highest BCUT2D eigenvalue weighted by Crippen LogP contribution is 2.35. The number of aryl methyl sites for hydroxylation is 1. The van der Waals surface area contributed by atoms with E-state index < -0.39 is 0 Å². The Morgan fingerprint density at radius 1 is 1.15 bits per heavy atom. The molecule has 0 spiro atoms. The fourth-order valence-electron chi connectivity index (χ4n) is 3.16. The topological polar surface area (TPSA) is 91.2 Å². The van der Waals surface area contributed by atoms with Gasteiger partial charge in [-0.2, -0.15) is 4.68 Å². The van der Waals surface area contributed by atoms with Gasteiger partial charge in [0, 0.05) is 11.8 Å². The smallest absolute Gasteiger partial charge is 0.237 e. The summed E-state index contributed by atoms with van der Waals surface area (Å²) in [6.45, 7) is 0.207. The van der Waals surface area contributed by atoms with Gasteiger partial charge in [0.1, 0.15) is 0 Å². The Labute approximate surface area is 158 Å². The van der Waals surface area contributed by atoms with E-state index in [1.165, 1.54) is 11.8 Å². The van der Waals surface area contributed by atoms with Gasteiger partial charge in [-0.25, -0.2) is 0 Å². The minimum atomic E-state index is -0.281. The molecule has 1 amide bonds. The zero-order valence-corrected chi connectivity index (χ0v) is 15.0. The van der Waals surface area contributed by atoms with Crippen molar-refractivity contribution >= 4 is 23.4 Å². The van der Waals surface area contributed by atoms with Crippen LogP contribution in [-0.2, 0) is 11.2 Å². The summed E-state index contributed by atoms with van der Waals surface area (Å²) in [5, 5.41) is 15.2. The number of rotatable bonds is 3. The number of fused-ring (bicyclic) bond motifs is 2. The van der Waals surface area contributed by atoms with Crippen LogP contribution in [0, 0.1) is 0 Å². The molecular weight excluding hydrogens is 366 g/mol. The van der Waals surface area contributed by atoms with Crippen LogP contribution in [0.2, 0.25) is 0 Å². The van der Waals surface area contributed by atoms with Gasteiger partial charge >= 0.3 is 0 Å². The lowest BCUT2D eigenvalue weighted by Crippen LogP contribution is -2.24. The Balaban J connectivity index is 1.40. The molecule has 0 aliphatic carbocycles. The van der Waals surface area contributed by atoms with Crippen LogP contribution >= 0.6 is 11.8 Å². The first-order valence-corrected chi connectivity index (χ1v) is 9.40. The van der Waals surface area contributed by atoms with Crippen molar-refractivity contribution in [1.82, 2.24) is 20.2 Å². The maximum atomic E-state index is 12.7. The number of carbonyl (C=O) groups is 1. The third-order valence-electron chi connectivity index (χ3n) is 4.53. The number of tetrazole rings is 1. The highest BCUT2D eigenvalue weighted by Gasteiger charge is 2.27. The van der Waals surface area contributed by atoms with Crippen LogP contribution < -0.4 is 14.8 Å². The van der Waals surface area contributed by atoms with Gasteiger partial charge in [-0.05, 0) is 47.0 Å². The third-order valence-corrected chi connectivity index (χ3v) is 5.73. The monoisotopic (exact) mass is 381 g/mol. The van der Waals surface area contributed by atoms with E-state index in [0.29, 0.717) is 23.1 Å². The van der Waals surface area contributed by atoms with Crippen LogP contribution in [0.4, 0.5) is 5.69 Å². The quantitative estimate of drug-likeness (QED) is 0.745. The molecule has 0 unspecified atom stereocenters. The highest BCUT2D eigenvalue weighted by molar-refractivity contribution is 8.00. The van der Waals surface area contributed by atoms with Crippen molar-refractivity contribution in [2.45, 2.75) is 23.2 Å². The number of thioether (sulfide) groups is 1. The summed E-state index contributed by atoms with van der Waals surface area (Å²) in [7, 11) is 0. The SMILES string of the molecule is O=C1Nc2ccccc2CC[C@@H]1Sc1nnnn1-c1ccc2c(c1)OCO2. The summed E-state index contributed by atoms with van der Waals surface area (Å²) in [6, 6.07) is 13.4. The number of anilines is 1. The van der Waals surface area contributed by atoms with Crippen molar-refractivity contribution in [3.8, 4) is 17.2 Å². The molecule has 3 aromatic rings. The summed E-state index contributed by atoms with van der Waals surface area (Å²) in [4.78, 5) is 12.7. The van der Waals surface area contributed by atoms with Gasteiger partial charge in [0.05, 0.1) is 10.9 Å². The van der Waals surface area contributed by atoms with Crippen LogP contribution in [0.5, 0.6) is 11.5 Å². The number of aromatic nitrogens is 4. The van der Waals surface area contributed by atoms with Crippen molar-refractivity contribution in [2.75, 3.05) is 12.1 Å². The van der Waals surface area contributed by atoms with Gasteiger partial charge < -0.3 is 14.8 Å². The molecule has 9 heteroatoms. The summed E-state index contributed by atoms with van der Waals surface area (Å²) in [5.41, 5.74) is 2.77. The number of para-hydroxylation sites is 1. The Bertz CT molecular complexity index is 1020. The lowest BCUT2D eigenvalue weighted by atomic mass is 10.1. The number of carbonyl (C=O) groups excluding carboxylic acids is 1. The second kappa shape index (κ2) is 6.58. The number of amides is 1. The molecule has 2 aromatic carbocycles. The molecule has 0 fully saturated rings. The standard InChI is InChI=1S/C18H15N5O3S/c24-17-16(8-5-11-3-1-2-4-13(11)19-17)27-18-20-21-22-23(18)12-6-7-14-15(9-12)26-10-25-14/h1-4,6-7,9,16H,5,8,10H2,(H,19,24)/t16-/m0/s1. The van der Waals surface area contributed by atoms with Gasteiger partial charge in [-0.3, -0.25) is 4.79 Å². The van der Waals surface area contributed by atoms with Gasteiger partial charge in [0.15, 0.2) is 11.5 Å². The zero-order chi connectivity index (χ0) is 18.2. The first-order valence-electron chi connectivity index (χ1n) is 8.52. The number of ether oxygens (including phenoxy) is 2. The molecule has 8 nitrogen and oxygen atoms in total. The van der Waals surface area contributed by atoms with Crippen molar-refractivity contribution < 1.29 is 14.3 Å². The van der Waals surface area contributed by atoms with Gasteiger partial charge in [-0.15, -0.1) is 5.10 Å².